The zero-order valence-corrected chi connectivity index (χ0v) is 10.9. The standard InChI is InChI=1S/C9H8Cl2O5S/c1-2-8(12)16-5-3-6(10)9(7(11)4-5)17(13,14)15/h3-4H,2H2,1H3,(H,13,14,15). The van der Waals surface area contributed by atoms with Gasteiger partial charge in [-0.15, -0.1) is 0 Å². The molecule has 8 heteroatoms. The molecule has 0 atom stereocenters. The average molecular weight is 299 g/mol. The minimum absolute atomic E-state index is 0.0132. The number of ether oxygens (including phenoxy) is 1. The van der Waals surface area contributed by atoms with Crippen LogP contribution in [0.1, 0.15) is 13.3 Å². The number of hydrogen-bond acceptors (Lipinski definition) is 4. The monoisotopic (exact) mass is 298 g/mol. The molecule has 0 aliphatic heterocycles. The van der Waals surface area contributed by atoms with Gasteiger partial charge >= 0.3 is 5.97 Å². The third-order valence-electron chi connectivity index (χ3n) is 1.75. The maximum absolute atomic E-state index is 11.0. The second kappa shape index (κ2) is 5.22. The minimum Gasteiger partial charge on any atom is -0.426 e. The SMILES string of the molecule is CCC(=O)Oc1cc(Cl)c(S(=O)(=O)O)c(Cl)c1. The topological polar surface area (TPSA) is 80.7 Å². The lowest BCUT2D eigenvalue weighted by molar-refractivity contribution is -0.134. The van der Waals surface area contributed by atoms with Gasteiger partial charge in [0.25, 0.3) is 10.1 Å². The predicted molar refractivity (Wildman–Crippen MR) is 62.2 cm³/mol. The van der Waals surface area contributed by atoms with Crippen molar-refractivity contribution >= 4 is 39.3 Å². The summed E-state index contributed by atoms with van der Waals surface area (Å²) in [6.07, 6.45) is 0.148. The highest BCUT2D eigenvalue weighted by molar-refractivity contribution is 7.86. The molecule has 0 fully saturated rings. The van der Waals surface area contributed by atoms with Gasteiger partial charge in [0.1, 0.15) is 10.6 Å². The summed E-state index contributed by atoms with van der Waals surface area (Å²) in [6, 6.07) is 2.17. The molecule has 0 heterocycles. The van der Waals surface area contributed by atoms with Gasteiger partial charge in [0.2, 0.25) is 0 Å². The Balaban J connectivity index is 3.24. The normalized spacial score (nSPS) is 11.3. The van der Waals surface area contributed by atoms with Crippen molar-refractivity contribution in [2.45, 2.75) is 18.2 Å². The molecular formula is C9H8Cl2O5S. The molecule has 5 nitrogen and oxygen atoms in total. The fraction of sp³-hybridized carbons (Fsp3) is 0.222. The van der Waals surface area contributed by atoms with Crippen molar-refractivity contribution < 1.29 is 22.5 Å². The number of carbonyl (C=O) groups excluding carboxylic acids is 1. The molecule has 94 valence electrons. The first kappa shape index (κ1) is 14.2. The number of rotatable bonds is 3. The van der Waals surface area contributed by atoms with E-state index in [0.717, 1.165) is 12.1 Å². The average Bonchev–Trinajstić information content (AvgIpc) is 2.13. The summed E-state index contributed by atoms with van der Waals surface area (Å²) in [5, 5.41) is -0.641. The molecule has 1 aromatic rings. The molecule has 0 bridgehead atoms. The van der Waals surface area contributed by atoms with Crippen molar-refractivity contribution in [2.75, 3.05) is 0 Å². The zero-order chi connectivity index (χ0) is 13.2. The van der Waals surface area contributed by atoms with Gasteiger partial charge in [-0.2, -0.15) is 8.42 Å². The largest absolute Gasteiger partial charge is 0.426 e. The Morgan fingerprint density at radius 3 is 2.18 bits per heavy atom. The summed E-state index contributed by atoms with van der Waals surface area (Å²) >= 11 is 11.3. The molecule has 0 saturated heterocycles. The van der Waals surface area contributed by atoms with Gasteiger partial charge in [-0.05, 0) is 0 Å². The lowest BCUT2D eigenvalue weighted by atomic mass is 10.3. The predicted octanol–water partition coefficient (Wildman–Crippen LogP) is 2.56. The molecular weight excluding hydrogens is 291 g/mol. The highest BCUT2D eigenvalue weighted by Crippen LogP contribution is 2.33. The van der Waals surface area contributed by atoms with E-state index in [1.165, 1.54) is 0 Å². The van der Waals surface area contributed by atoms with Crippen LogP contribution in [0.3, 0.4) is 0 Å². The first-order chi connectivity index (χ1) is 7.75. The highest BCUT2D eigenvalue weighted by atomic mass is 35.5. The molecule has 0 unspecified atom stereocenters. The number of carbonyl (C=O) groups is 1. The molecule has 0 amide bonds. The highest BCUT2D eigenvalue weighted by Gasteiger charge is 2.20. The number of halogens is 2. The van der Waals surface area contributed by atoms with E-state index in [0.29, 0.717) is 0 Å². The summed E-state index contributed by atoms with van der Waals surface area (Å²) in [4.78, 5) is 10.4. The molecule has 1 aromatic carbocycles. The van der Waals surface area contributed by atoms with E-state index in [1.54, 1.807) is 6.92 Å². The van der Waals surface area contributed by atoms with Crippen molar-refractivity contribution in [2.24, 2.45) is 0 Å². The zero-order valence-electron chi connectivity index (χ0n) is 8.61. The second-order valence-corrected chi connectivity index (χ2v) is 5.19. The maximum atomic E-state index is 11.0. The van der Waals surface area contributed by atoms with Crippen molar-refractivity contribution in [1.82, 2.24) is 0 Å². The van der Waals surface area contributed by atoms with E-state index in [2.05, 4.69) is 0 Å². The summed E-state index contributed by atoms with van der Waals surface area (Å²) in [6.45, 7) is 1.60. The summed E-state index contributed by atoms with van der Waals surface area (Å²) in [5.74, 6) is -0.504. The Labute approximate surface area is 108 Å². The van der Waals surface area contributed by atoms with Crippen LogP contribution in [0, 0.1) is 0 Å². The summed E-state index contributed by atoms with van der Waals surface area (Å²) in [5.41, 5.74) is 0. The van der Waals surface area contributed by atoms with Crippen molar-refractivity contribution in [1.29, 1.82) is 0 Å². The van der Waals surface area contributed by atoms with E-state index in [4.69, 9.17) is 32.5 Å². The lowest BCUT2D eigenvalue weighted by Crippen LogP contribution is -2.06. The van der Waals surface area contributed by atoms with Crippen LogP contribution < -0.4 is 4.74 Å². The Morgan fingerprint density at radius 1 is 1.35 bits per heavy atom. The van der Waals surface area contributed by atoms with Crippen molar-refractivity contribution in [3.05, 3.63) is 22.2 Å². The van der Waals surface area contributed by atoms with Gasteiger partial charge in [-0.1, -0.05) is 30.1 Å². The van der Waals surface area contributed by atoms with E-state index in [9.17, 15) is 13.2 Å². The van der Waals surface area contributed by atoms with Crippen LogP contribution >= 0.6 is 23.2 Å². The Morgan fingerprint density at radius 2 is 1.82 bits per heavy atom. The first-order valence-corrected chi connectivity index (χ1v) is 6.62. The van der Waals surface area contributed by atoms with E-state index >= 15 is 0 Å². The van der Waals surface area contributed by atoms with Crippen LogP contribution in [-0.2, 0) is 14.9 Å². The second-order valence-electron chi connectivity index (χ2n) is 3.02. The van der Waals surface area contributed by atoms with E-state index in [1.807, 2.05) is 0 Å². The first-order valence-electron chi connectivity index (χ1n) is 4.43. The molecule has 0 radical (unpaired) electrons. The summed E-state index contributed by atoms with van der Waals surface area (Å²) in [7, 11) is -4.52. The van der Waals surface area contributed by atoms with Crippen molar-refractivity contribution in [3.8, 4) is 5.75 Å². The van der Waals surface area contributed by atoms with Gasteiger partial charge in [0.15, 0.2) is 0 Å². The molecule has 0 spiro atoms. The number of hydrogen-bond donors (Lipinski definition) is 1. The quantitative estimate of drug-likeness (QED) is 0.527. The van der Waals surface area contributed by atoms with Gasteiger partial charge in [0, 0.05) is 18.6 Å². The fourth-order valence-electron chi connectivity index (χ4n) is 1.05. The third-order valence-corrected chi connectivity index (χ3v) is 3.53. The minimum atomic E-state index is -4.52. The van der Waals surface area contributed by atoms with Gasteiger partial charge in [-0.3, -0.25) is 9.35 Å². The fourth-order valence-corrected chi connectivity index (χ4v) is 2.71. The van der Waals surface area contributed by atoms with Crippen LogP contribution in [0.15, 0.2) is 17.0 Å². The van der Waals surface area contributed by atoms with Crippen LogP contribution in [0.2, 0.25) is 10.0 Å². The molecule has 17 heavy (non-hydrogen) atoms. The molecule has 0 aromatic heterocycles. The van der Waals surface area contributed by atoms with Gasteiger partial charge < -0.3 is 4.74 Å². The molecule has 0 aliphatic rings. The van der Waals surface area contributed by atoms with Crippen LogP contribution in [-0.4, -0.2) is 18.9 Å². The number of esters is 1. The van der Waals surface area contributed by atoms with Crippen LogP contribution in [0.5, 0.6) is 5.75 Å². The van der Waals surface area contributed by atoms with Gasteiger partial charge in [0.05, 0.1) is 10.0 Å². The smallest absolute Gasteiger partial charge is 0.310 e. The molecule has 1 N–H and O–H groups in total. The Hall–Kier alpha value is -0.820. The molecule has 1 rings (SSSR count). The Bertz CT molecular complexity index is 529. The Kier molecular flexibility index (Phi) is 4.37. The third kappa shape index (κ3) is 3.57. The van der Waals surface area contributed by atoms with Crippen LogP contribution in [0.25, 0.3) is 0 Å². The maximum Gasteiger partial charge on any atom is 0.310 e. The lowest BCUT2D eigenvalue weighted by Gasteiger charge is -2.07. The van der Waals surface area contributed by atoms with E-state index < -0.39 is 21.0 Å². The van der Waals surface area contributed by atoms with E-state index in [-0.39, 0.29) is 22.2 Å². The molecule has 0 saturated carbocycles. The van der Waals surface area contributed by atoms with Gasteiger partial charge in [-0.25, -0.2) is 0 Å². The summed E-state index contributed by atoms with van der Waals surface area (Å²) < 4.78 is 35.6. The molecule has 0 aliphatic carbocycles. The van der Waals surface area contributed by atoms with Crippen LogP contribution in [0.4, 0.5) is 0 Å². The van der Waals surface area contributed by atoms with Crippen molar-refractivity contribution in [3.63, 3.8) is 0 Å². The number of benzene rings is 1.